The highest BCUT2D eigenvalue weighted by molar-refractivity contribution is 14.0. The molecule has 86 valence electrons. The van der Waals surface area contributed by atoms with Gasteiger partial charge in [0.05, 0.1) is 0 Å². The highest BCUT2D eigenvalue weighted by Crippen LogP contribution is 2.40. The second kappa shape index (κ2) is 4.69. The van der Waals surface area contributed by atoms with Gasteiger partial charge in [-0.2, -0.15) is 0 Å². The minimum atomic E-state index is 0. The molecule has 14 heavy (non-hydrogen) atoms. The number of likely N-dealkylation sites (tertiary alicyclic amines) is 1. The maximum Gasteiger partial charge on any atom is 0.0158 e. The molecule has 1 nitrogen and oxygen atoms in total. The second-order valence-corrected chi connectivity index (χ2v) is 5.87. The van der Waals surface area contributed by atoms with Gasteiger partial charge in [0.15, 0.2) is 0 Å². The van der Waals surface area contributed by atoms with Crippen molar-refractivity contribution in [2.24, 2.45) is 5.92 Å². The van der Waals surface area contributed by atoms with E-state index in [1.54, 1.807) is 0 Å². The summed E-state index contributed by atoms with van der Waals surface area (Å²) in [6, 6.07) is 0. The van der Waals surface area contributed by atoms with Gasteiger partial charge in [-0.25, -0.2) is 0 Å². The van der Waals surface area contributed by atoms with Crippen LogP contribution >= 0.6 is 24.0 Å². The lowest BCUT2D eigenvalue weighted by atomic mass is 9.73. The van der Waals surface area contributed by atoms with Gasteiger partial charge in [0.2, 0.25) is 0 Å². The molecular weight excluding hydrogens is 285 g/mol. The van der Waals surface area contributed by atoms with E-state index in [0.29, 0.717) is 11.1 Å². The first-order valence-corrected chi connectivity index (χ1v) is 5.53. The molecule has 0 unspecified atom stereocenters. The molecule has 1 fully saturated rings. The first kappa shape index (κ1) is 14.7. The first-order chi connectivity index (χ1) is 5.79. The fraction of sp³-hybridized carbons (Fsp3) is 1.00. The molecular formula is C12H26IN. The van der Waals surface area contributed by atoms with E-state index in [4.69, 9.17) is 0 Å². The summed E-state index contributed by atoms with van der Waals surface area (Å²) in [5.74, 6) is 0.918. The monoisotopic (exact) mass is 311 g/mol. The molecule has 0 aromatic rings. The summed E-state index contributed by atoms with van der Waals surface area (Å²) in [6.45, 7) is 11.8. The number of nitrogens with zero attached hydrogens (tertiary/aromatic N) is 1. The molecule has 1 rings (SSSR count). The van der Waals surface area contributed by atoms with Crippen LogP contribution in [0.5, 0.6) is 0 Å². The zero-order valence-corrected chi connectivity index (χ0v) is 12.9. The molecule has 0 aromatic carbocycles. The molecule has 1 heterocycles. The van der Waals surface area contributed by atoms with Crippen LogP contribution in [0.2, 0.25) is 0 Å². The Bertz CT molecular complexity index is 169. The largest absolute Gasteiger partial charge is 0.296 e. The van der Waals surface area contributed by atoms with E-state index in [1.807, 2.05) is 0 Å². The lowest BCUT2D eigenvalue weighted by Gasteiger charge is -2.53. The van der Waals surface area contributed by atoms with Crippen molar-refractivity contribution >= 4 is 24.0 Å². The molecule has 1 saturated heterocycles. The molecule has 0 aliphatic carbocycles. The lowest BCUT2D eigenvalue weighted by Crippen LogP contribution is -2.58. The van der Waals surface area contributed by atoms with E-state index in [1.165, 1.54) is 19.3 Å². The average molecular weight is 311 g/mol. The van der Waals surface area contributed by atoms with Gasteiger partial charge in [-0.1, -0.05) is 13.3 Å². The van der Waals surface area contributed by atoms with Crippen molar-refractivity contribution in [3.63, 3.8) is 0 Å². The van der Waals surface area contributed by atoms with E-state index in [-0.39, 0.29) is 24.0 Å². The number of piperidine rings is 1. The van der Waals surface area contributed by atoms with Crippen LogP contribution in [0, 0.1) is 5.92 Å². The van der Waals surface area contributed by atoms with E-state index >= 15 is 0 Å². The molecule has 0 aromatic heterocycles. The fourth-order valence-electron chi connectivity index (χ4n) is 2.87. The first-order valence-electron chi connectivity index (χ1n) is 5.53. The maximum atomic E-state index is 2.55. The summed E-state index contributed by atoms with van der Waals surface area (Å²) in [6.07, 6.45) is 4.04. The lowest BCUT2D eigenvalue weighted by molar-refractivity contribution is -0.0305. The summed E-state index contributed by atoms with van der Waals surface area (Å²) in [4.78, 5) is 2.55. The van der Waals surface area contributed by atoms with Crippen LogP contribution in [0.3, 0.4) is 0 Å². The van der Waals surface area contributed by atoms with Gasteiger partial charge in [0, 0.05) is 11.1 Å². The fourth-order valence-corrected chi connectivity index (χ4v) is 2.87. The van der Waals surface area contributed by atoms with Crippen LogP contribution in [0.15, 0.2) is 0 Å². The van der Waals surface area contributed by atoms with Crippen molar-refractivity contribution in [1.82, 2.24) is 4.90 Å². The van der Waals surface area contributed by atoms with Gasteiger partial charge in [0.25, 0.3) is 0 Å². The van der Waals surface area contributed by atoms with Gasteiger partial charge in [-0.3, -0.25) is 4.90 Å². The maximum absolute atomic E-state index is 2.55. The molecule has 1 aliphatic rings. The van der Waals surface area contributed by atoms with E-state index in [0.717, 1.165) is 5.92 Å². The molecule has 0 N–H and O–H groups in total. The summed E-state index contributed by atoms with van der Waals surface area (Å²) in [5, 5.41) is 0. The zero-order valence-electron chi connectivity index (χ0n) is 10.6. The van der Waals surface area contributed by atoms with Gasteiger partial charge in [0.1, 0.15) is 0 Å². The molecule has 0 saturated carbocycles. The number of halogens is 1. The van der Waals surface area contributed by atoms with Gasteiger partial charge in [-0.15, -0.1) is 24.0 Å². The molecule has 0 radical (unpaired) electrons. The molecule has 1 aliphatic heterocycles. The Morgan fingerprint density at radius 3 is 1.71 bits per heavy atom. The van der Waals surface area contributed by atoms with Crippen LogP contribution < -0.4 is 0 Å². The van der Waals surface area contributed by atoms with Crippen molar-refractivity contribution in [2.75, 3.05) is 7.05 Å². The quantitative estimate of drug-likeness (QED) is 0.664. The third-order valence-electron chi connectivity index (χ3n) is 3.97. The number of hydrogen-bond donors (Lipinski definition) is 0. The molecule has 0 atom stereocenters. The zero-order chi connectivity index (χ0) is 10.3. The van der Waals surface area contributed by atoms with Crippen molar-refractivity contribution in [1.29, 1.82) is 0 Å². The third-order valence-corrected chi connectivity index (χ3v) is 3.97. The summed E-state index contributed by atoms with van der Waals surface area (Å²) in [7, 11) is 2.27. The Morgan fingerprint density at radius 2 is 1.43 bits per heavy atom. The summed E-state index contributed by atoms with van der Waals surface area (Å²) in [5.41, 5.74) is 0.755. The number of hydrogen-bond acceptors (Lipinski definition) is 1. The molecule has 0 bridgehead atoms. The van der Waals surface area contributed by atoms with E-state index < -0.39 is 0 Å². The predicted molar refractivity (Wildman–Crippen MR) is 74.4 cm³/mol. The average Bonchev–Trinajstić information content (AvgIpc) is 1.99. The van der Waals surface area contributed by atoms with E-state index in [2.05, 4.69) is 46.6 Å². The van der Waals surface area contributed by atoms with E-state index in [9.17, 15) is 0 Å². The van der Waals surface area contributed by atoms with Gasteiger partial charge in [-0.05, 0) is 53.5 Å². The van der Waals surface area contributed by atoms with Crippen molar-refractivity contribution in [2.45, 2.75) is 65.0 Å². The minimum absolute atomic E-state index is 0. The van der Waals surface area contributed by atoms with Crippen LogP contribution in [-0.4, -0.2) is 23.0 Å². The Labute approximate surface area is 107 Å². The van der Waals surface area contributed by atoms with Gasteiger partial charge >= 0.3 is 0 Å². The smallest absolute Gasteiger partial charge is 0.0158 e. The predicted octanol–water partition coefficient (Wildman–Crippen LogP) is 3.91. The minimum Gasteiger partial charge on any atom is -0.296 e. The van der Waals surface area contributed by atoms with Gasteiger partial charge < -0.3 is 0 Å². The molecule has 2 heteroatoms. The molecule has 0 amide bonds. The Balaban J connectivity index is 0.00000169. The van der Waals surface area contributed by atoms with Crippen LogP contribution in [-0.2, 0) is 0 Å². The van der Waals surface area contributed by atoms with Crippen LogP contribution in [0.1, 0.15) is 53.9 Å². The third kappa shape index (κ3) is 2.84. The summed E-state index contributed by atoms with van der Waals surface area (Å²) < 4.78 is 0. The standard InChI is InChI=1S/C12H25N.HI/c1-7-10-8-11(2,3)13(6)12(4,5)9-10;/h10H,7-9H2,1-6H3;1H. The second-order valence-electron chi connectivity index (χ2n) is 5.87. The topological polar surface area (TPSA) is 3.24 Å². The van der Waals surface area contributed by atoms with Crippen molar-refractivity contribution in [3.8, 4) is 0 Å². The Hall–Kier alpha value is 0.690. The van der Waals surface area contributed by atoms with Crippen LogP contribution in [0.4, 0.5) is 0 Å². The van der Waals surface area contributed by atoms with Crippen molar-refractivity contribution < 1.29 is 0 Å². The van der Waals surface area contributed by atoms with Crippen LogP contribution in [0.25, 0.3) is 0 Å². The molecule has 0 spiro atoms. The summed E-state index contributed by atoms with van der Waals surface area (Å²) >= 11 is 0. The highest BCUT2D eigenvalue weighted by atomic mass is 127. The normalized spacial score (nSPS) is 27.0. The SMILES string of the molecule is CCC1CC(C)(C)N(C)C(C)(C)C1.I. The Morgan fingerprint density at radius 1 is 1.07 bits per heavy atom. The Kier molecular flexibility index (Phi) is 4.92. The van der Waals surface area contributed by atoms with Crippen molar-refractivity contribution in [3.05, 3.63) is 0 Å². The highest BCUT2D eigenvalue weighted by Gasteiger charge is 2.42. The number of rotatable bonds is 1.